The van der Waals surface area contributed by atoms with Gasteiger partial charge in [-0.2, -0.15) is 4.57 Å². The van der Waals surface area contributed by atoms with Crippen LogP contribution in [-0.4, -0.2) is 25.8 Å². The third-order valence-corrected chi connectivity index (χ3v) is 14.3. The molecule has 4 nitrogen and oxygen atoms in total. The first-order chi connectivity index (χ1) is 26.1. The topological polar surface area (TPSA) is 42.3 Å². The van der Waals surface area contributed by atoms with E-state index < -0.39 is 8.07 Å². The van der Waals surface area contributed by atoms with Gasteiger partial charge in [0.25, 0.3) is 0 Å². The average molecular weight is 729 g/mol. The Morgan fingerprint density at radius 3 is 2.35 bits per heavy atom. The second-order valence-corrected chi connectivity index (χ2v) is 21.8. The van der Waals surface area contributed by atoms with Gasteiger partial charge >= 0.3 is 0 Å². The first kappa shape index (κ1) is 36.1. The molecule has 6 aromatic rings. The largest absolute Gasteiger partial charge is 0.437 e. The summed E-state index contributed by atoms with van der Waals surface area (Å²) in [5, 5.41) is 3.78. The molecule has 2 unspecified atom stereocenters. The van der Waals surface area contributed by atoms with Crippen LogP contribution in [0, 0.1) is 19.8 Å². The Balaban J connectivity index is 1.23. The number of aromatic nitrogens is 2. The lowest BCUT2D eigenvalue weighted by Gasteiger charge is -2.31. The molecule has 0 bridgehead atoms. The smallest absolute Gasteiger partial charge is 0.228 e. The van der Waals surface area contributed by atoms with E-state index in [1.54, 1.807) is 10.8 Å². The standard InChI is InChI=1S/C49H54N3OSi/c1-9-40(50-5)47-35(26-31(3)45-46-32(4)27-41(34-20-12-11-13-21-34)51-49(46)53-48(45)47)24-25-39-37-22-16-17-23-38(37)43-29-36(28-33-18-14-15-19-33)44(54(6,7)8)30-52(43)42(39)10-2/h9-13,16-17,20-23,26-27,29-30,33,39,42H,1-2,14-15,18-19,24-25,28H2,3-8H3/q+1/b50-40-. The average Bonchev–Trinajstić information content (AvgIpc) is 3.83. The van der Waals surface area contributed by atoms with Crippen LogP contribution in [0.5, 0.6) is 0 Å². The van der Waals surface area contributed by atoms with E-state index in [4.69, 9.17) is 14.4 Å². The van der Waals surface area contributed by atoms with Crippen molar-refractivity contribution in [2.24, 2.45) is 10.9 Å². The third kappa shape index (κ3) is 6.30. The zero-order chi connectivity index (χ0) is 37.7. The summed E-state index contributed by atoms with van der Waals surface area (Å²) < 4.78 is 9.40. The van der Waals surface area contributed by atoms with Crippen LogP contribution >= 0.6 is 0 Å². The number of fused-ring (bicyclic) bond motifs is 6. The van der Waals surface area contributed by atoms with Gasteiger partial charge in [-0.15, -0.1) is 0 Å². The Morgan fingerprint density at radius 1 is 0.926 bits per heavy atom. The SMILES string of the molecule is C=C/C(=N/C)c1c(CCC2c3ccccc3-c3cc(CC4CCCC4)c([Si](C)(C)C)c[n+]3C2C=C)cc(C)c2c1oc1nc(-c3ccccc3)cc(C)c12. The molecule has 0 saturated heterocycles. The molecular formula is C49H54N3OSi+. The second kappa shape index (κ2) is 14.4. The molecule has 2 atom stereocenters. The summed E-state index contributed by atoms with van der Waals surface area (Å²) in [6.45, 7) is 20.6. The summed E-state index contributed by atoms with van der Waals surface area (Å²) in [5.74, 6) is 1.07. The number of aliphatic imine (C=N–C) groups is 1. The van der Waals surface area contributed by atoms with Gasteiger partial charge in [0.15, 0.2) is 12.2 Å². The van der Waals surface area contributed by atoms with E-state index >= 15 is 0 Å². The molecule has 1 aliphatic heterocycles. The van der Waals surface area contributed by atoms with Crippen LogP contribution < -0.4 is 9.75 Å². The van der Waals surface area contributed by atoms with Gasteiger partial charge in [-0.25, -0.2) is 4.98 Å². The molecule has 5 heteroatoms. The third-order valence-electron chi connectivity index (χ3n) is 12.3. The first-order valence-corrected chi connectivity index (χ1v) is 23.4. The summed E-state index contributed by atoms with van der Waals surface area (Å²) in [4.78, 5) is 9.81. The number of hydrogen-bond donors (Lipinski definition) is 0. The zero-order valence-corrected chi connectivity index (χ0v) is 34.0. The second-order valence-electron chi connectivity index (χ2n) is 16.8. The molecule has 0 spiro atoms. The number of furan rings is 1. The van der Waals surface area contributed by atoms with Gasteiger partial charge in [0, 0.05) is 40.4 Å². The summed E-state index contributed by atoms with van der Waals surface area (Å²) in [5.41, 5.74) is 14.6. The minimum atomic E-state index is -1.63. The van der Waals surface area contributed by atoms with Gasteiger partial charge in [0.2, 0.25) is 11.4 Å². The predicted molar refractivity (Wildman–Crippen MR) is 230 cm³/mol. The molecular weight excluding hydrogens is 675 g/mol. The number of aryl methyl sites for hydroxylation is 3. The van der Waals surface area contributed by atoms with Crippen molar-refractivity contribution in [3.8, 4) is 22.5 Å². The summed E-state index contributed by atoms with van der Waals surface area (Å²) >= 11 is 0. The molecule has 274 valence electrons. The highest BCUT2D eigenvalue weighted by Crippen LogP contribution is 2.43. The maximum Gasteiger partial charge on any atom is 0.228 e. The highest BCUT2D eigenvalue weighted by atomic mass is 28.3. The van der Waals surface area contributed by atoms with Crippen LogP contribution in [0.2, 0.25) is 19.6 Å². The van der Waals surface area contributed by atoms with Crippen LogP contribution in [0.1, 0.15) is 77.4 Å². The highest BCUT2D eigenvalue weighted by molar-refractivity contribution is 6.89. The fourth-order valence-electron chi connectivity index (χ4n) is 9.72. The van der Waals surface area contributed by atoms with Crippen molar-refractivity contribution in [1.82, 2.24) is 4.98 Å². The van der Waals surface area contributed by atoms with Crippen molar-refractivity contribution in [1.29, 1.82) is 0 Å². The Morgan fingerprint density at radius 2 is 1.65 bits per heavy atom. The normalized spacial score (nSPS) is 17.6. The lowest BCUT2D eigenvalue weighted by atomic mass is 9.78. The molecule has 1 fully saturated rings. The molecule has 54 heavy (non-hydrogen) atoms. The van der Waals surface area contributed by atoms with Gasteiger partial charge in [-0.1, -0.05) is 113 Å². The van der Waals surface area contributed by atoms with E-state index in [9.17, 15) is 0 Å². The van der Waals surface area contributed by atoms with Crippen molar-refractivity contribution in [3.05, 3.63) is 138 Å². The molecule has 8 rings (SSSR count). The van der Waals surface area contributed by atoms with E-state index in [1.165, 1.54) is 60.1 Å². The van der Waals surface area contributed by atoms with Gasteiger partial charge in [0.1, 0.15) is 5.58 Å². The maximum atomic E-state index is 6.82. The number of rotatable bonds is 10. The number of allylic oxidation sites excluding steroid dienone is 2. The lowest BCUT2D eigenvalue weighted by molar-refractivity contribution is -0.706. The number of benzene rings is 3. The zero-order valence-electron chi connectivity index (χ0n) is 33.0. The van der Waals surface area contributed by atoms with Crippen LogP contribution in [0.25, 0.3) is 44.6 Å². The van der Waals surface area contributed by atoms with Crippen molar-refractivity contribution < 1.29 is 8.98 Å². The van der Waals surface area contributed by atoms with E-state index in [0.717, 1.165) is 63.2 Å². The Kier molecular flexibility index (Phi) is 9.64. The molecule has 0 amide bonds. The Bertz CT molecular complexity index is 2440. The molecule has 1 saturated carbocycles. The Hall–Kier alpha value is -4.87. The van der Waals surface area contributed by atoms with E-state index in [1.807, 2.05) is 19.2 Å². The minimum Gasteiger partial charge on any atom is -0.437 e. The van der Waals surface area contributed by atoms with Crippen LogP contribution in [0.4, 0.5) is 0 Å². The fraction of sp³-hybridized carbons (Fsp3) is 0.327. The summed E-state index contributed by atoms with van der Waals surface area (Å²) in [7, 11) is 0.217. The lowest BCUT2D eigenvalue weighted by Crippen LogP contribution is -2.53. The van der Waals surface area contributed by atoms with Gasteiger partial charge < -0.3 is 4.42 Å². The van der Waals surface area contributed by atoms with E-state index in [-0.39, 0.29) is 12.0 Å². The van der Waals surface area contributed by atoms with Crippen LogP contribution in [0.3, 0.4) is 0 Å². The summed E-state index contributed by atoms with van der Waals surface area (Å²) in [6.07, 6.45) is 15.1. The van der Waals surface area contributed by atoms with Crippen LogP contribution in [-0.2, 0) is 12.8 Å². The molecule has 2 aliphatic rings. The van der Waals surface area contributed by atoms with Crippen molar-refractivity contribution in [2.45, 2.75) is 90.4 Å². The predicted octanol–water partition coefficient (Wildman–Crippen LogP) is 11.6. The summed E-state index contributed by atoms with van der Waals surface area (Å²) in [6, 6.07) is 26.7. The molecule has 1 aliphatic carbocycles. The number of hydrogen-bond acceptors (Lipinski definition) is 3. The minimum absolute atomic E-state index is 0.145. The highest BCUT2D eigenvalue weighted by Gasteiger charge is 2.40. The van der Waals surface area contributed by atoms with Gasteiger partial charge in [-0.3, -0.25) is 4.99 Å². The van der Waals surface area contributed by atoms with Gasteiger partial charge in [0.05, 0.1) is 30.8 Å². The van der Waals surface area contributed by atoms with Crippen molar-refractivity contribution in [2.75, 3.05) is 7.05 Å². The van der Waals surface area contributed by atoms with Crippen LogP contribution in [0.15, 0.2) is 114 Å². The molecule has 4 heterocycles. The molecule has 0 radical (unpaired) electrons. The molecule has 0 N–H and O–H groups in total. The Labute approximate surface area is 322 Å². The van der Waals surface area contributed by atoms with E-state index in [2.05, 4.69) is 130 Å². The quantitative estimate of drug-likeness (QED) is 0.0610. The molecule has 3 aromatic heterocycles. The van der Waals surface area contributed by atoms with Crippen molar-refractivity contribution >= 4 is 41.0 Å². The van der Waals surface area contributed by atoms with Gasteiger partial charge in [-0.05, 0) is 91.1 Å². The van der Waals surface area contributed by atoms with Crippen molar-refractivity contribution in [3.63, 3.8) is 0 Å². The van der Waals surface area contributed by atoms with E-state index in [0.29, 0.717) is 5.71 Å². The first-order valence-electron chi connectivity index (χ1n) is 19.9. The number of nitrogens with zero attached hydrogens (tertiary/aromatic N) is 3. The molecule has 3 aromatic carbocycles. The monoisotopic (exact) mass is 728 g/mol. The fourth-order valence-corrected chi connectivity index (χ4v) is 11.4. The maximum absolute atomic E-state index is 6.82. The number of pyridine rings is 2.